The molecule has 0 saturated heterocycles. The molecule has 4 aromatic rings. The van der Waals surface area contributed by atoms with Crippen LogP contribution in [0.15, 0.2) is 79.3 Å². The van der Waals surface area contributed by atoms with Crippen LogP contribution in [0.4, 0.5) is 4.39 Å². The number of imidazole rings is 1. The highest BCUT2D eigenvalue weighted by molar-refractivity contribution is 5.94. The van der Waals surface area contributed by atoms with Gasteiger partial charge in [0.2, 0.25) is 0 Å². The Kier molecular flexibility index (Phi) is 5.01. The van der Waals surface area contributed by atoms with E-state index in [9.17, 15) is 9.18 Å². The SMILES string of the molecule is O=C(NCc1ccc(OCc2ccccc2F)cc1)c1ccn2ccnc2c1. The number of benzene rings is 2. The van der Waals surface area contributed by atoms with Gasteiger partial charge in [0.1, 0.15) is 23.8 Å². The lowest BCUT2D eigenvalue weighted by Crippen LogP contribution is -2.22. The van der Waals surface area contributed by atoms with Crippen LogP contribution in [-0.2, 0) is 13.2 Å². The zero-order valence-corrected chi connectivity index (χ0v) is 15.0. The van der Waals surface area contributed by atoms with Gasteiger partial charge in [-0.1, -0.05) is 30.3 Å². The summed E-state index contributed by atoms with van der Waals surface area (Å²) in [5.41, 5.74) is 2.73. The van der Waals surface area contributed by atoms with Crippen LogP contribution >= 0.6 is 0 Å². The molecule has 2 heterocycles. The maximum absolute atomic E-state index is 13.6. The van der Waals surface area contributed by atoms with Gasteiger partial charge in [-0.3, -0.25) is 4.79 Å². The summed E-state index contributed by atoms with van der Waals surface area (Å²) < 4.78 is 21.1. The standard InChI is InChI=1S/C22H18FN3O2/c23-20-4-2-1-3-18(20)15-28-19-7-5-16(6-8-19)14-25-22(27)17-9-11-26-12-10-24-21(26)13-17/h1-13H,14-15H2,(H,25,27). The number of nitrogens with one attached hydrogen (secondary N) is 1. The lowest BCUT2D eigenvalue weighted by molar-refractivity contribution is 0.0951. The first-order valence-electron chi connectivity index (χ1n) is 8.85. The first-order valence-corrected chi connectivity index (χ1v) is 8.85. The van der Waals surface area contributed by atoms with E-state index < -0.39 is 0 Å². The predicted molar refractivity (Wildman–Crippen MR) is 104 cm³/mol. The van der Waals surface area contributed by atoms with Crippen molar-refractivity contribution < 1.29 is 13.9 Å². The van der Waals surface area contributed by atoms with Crippen LogP contribution in [0.25, 0.3) is 5.65 Å². The van der Waals surface area contributed by atoms with Crippen molar-refractivity contribution in [1.29, 1.82) is 0 Å². The van der Waals surface area contributed by atoms with Gasteiger partial charge in [0.05, 0.1) is 0 Å². The summed E-state index contributed by atoms with van der Waals surface area (Å²) in [6.45, 7) is 0.561. The maximum Gasteiger partial charge on any atom is 0.251 e. The molecule has 6 heteroatoms. The van der Waals surface area contributed by atoms with Gasteiger partial charge in [-0.15, -0.1) is 0 Å². The number of halogens is 1. The minimum atomic E-state index is -0.282. The third-order valence-electron chi connectivity index (χ3n) is 4.39. The molecule has 2 aromatic carbocycles. The first-order chi connectivity index (χ1) is 13.7. The Hall–Kier alpha value is -3.67. The Balaban J connectivity index is 1.32. The molecule has 0 radical (unpaired) electrons. The van der Waals surface area contributed by atoms with Crippen LogP contribution in [0.1, 0.15) is 21.5 Å². The van der Waals surface area contributed by atoms with E-state index in [2.05, 4.69) is 10.3 Å². The largest absolute Gasteiger partial charge is 0.489 e. The summed E-state index contributed by atoms with van der Waals surface area (Å²) >= 11 is 0. The predicted octanol–water partition coefficient (Wildman–Crippen LogP) is 3.98. The highest BCUT2D eigenvalue weighted by Crippen LogP contribution is 2.16. The van der Waals surface area contributed by atoms with Gasteiger partial charge >= 0.3 is 0 Å². The molecule has 5 nitrogen and oxygen atoms in total. The van der Waals surface area contributed by atoms with E-state index in [0.29, 0.717) is 23.4 Å². The normalized spacial score (nSPS) is 10.8. The highest BCUT2D eigenvalue weighted by Gasteiger charge is 2.07. The first kappa shape index (κ1) is 17.7. The fourth-order valence-corrected chi connectivity index (χ4v) is 2.82. The van der Waals surface area contributed by atoms with Crippen molar-refractivity contribution in [3.63, 3.8) is 0 Å². The monoisotopic (exact) mass is 375 g/mol. The molecule has 1 N–H and O–H groups in total. The number of fused-ring (bicyclic) bond motifs is 1. The average Bonchev–Trinajstić information content (AvgIpc) is 3.20. The lowest BCUT2D eigenvalue weighted by atomic mass is 10.2. The maximum atomic E-state index is 13.6. The number of rotatable bonds is 6. The van der Waals surface area contributed by atoms with Crippen molar-refractivity contribution >= 4 is 11.6 Å². The second-order valence-corrected chi connectivity index (χ2v) is 6.31. The molecule has 1 amide bonds. The van der Waals surface area contributed by atoms with E-state index >= 15 is 0 Å². The molecule has 28 heavy (non-hydrogen) atoms. The minimum Gasteiger partial charge on any atom is -0.489 e. The van der Waals surface area contributed by atoms with E-state index in [4.69, 9.17) is 4.74 Å². The van der Waals surface area contributed by atoms with Crippen molar-refractivity contribution in [1.82, 2.24) is 14.7 Å². The van der Waals surface area contributed by atoms with Gasteiger partial charge < -0.3 is 14.5 Å². The van der Waals surface area contributed by atoms with Gasteiger partial charge in [-0.2, -0.15) is 0 Å². The number of nitrogens with zero attached hydrogens (tertiary/aromatic N) is 2. The van der Waals surface area contributed by atoms with Crippen LogP contribution in [0.2, 0.25) is 0 Å². The molecule has 2 aromatic heterocycles. The number of hydrogen-bond acceptors (Lipinski definition) is 3. The quantitative estimate of drug-likeness (QED) is 0.555. The number of ether oxygens (including phenoxy) is 1. The fourth-order valence-electron chi connectivity index (χ4n) is 2.82. The second kappa shape index (κ2) is 7.92. The average molecular weight is 375 g/mol. The van der Waals surface area contributed by atoms with Crippen molar-refractivity contribution in [2.75, 3.05) is 0 Å². The number of pyridine rings is 1. The summed E-state index contributed by atoms with van der Waals surface area (Å²) in [5, 5.41) is 2.89. The van der Waals surface area contributed by atoms with Gasteiger partial charge in [0, 0.05) is 36.3 Å². The number of aromatic nitrogens is 2. The number of carbonyl (C=O) groups is 1. The number of carbonyl (C=O) groups excluding carboxylic acids is 1. The van der Waals surface area contributed by atoms with E-state index in [1.807, 2.05) is 22.7 Å². The van der Waals surface area contributed by atoms with Crippen molar-refractivity contribution in [3.8, 4) is 5.75 Å². The molecule has 140 valence electrons. The zero-order chi connectivity index (χ0) is 19.3. The summed E-state index contributed by atoms with van der Waals surface area (Å²) in [4.78, 5) is 16.5. The zero-order valence-electron chi connectivity index (χ0n) is 15.0. The van der Waals surface area contributed by atoms with Gasteiger partial charge in [-0.05, 0) is 35.9 Å². The fraction of sp³-hybridized carbons (Fsp3) is 0.0909. The Morgan fingerprint density at radius 1 is 1.07 bits per heavy atom. The molecule has 4 rings (SSSR count). The smallest absolute Gasteiger partial charge is 0.251 e. The van der Waals surface area contributed by atoms with Gasteiger partial charge in [0.15, 0.2) is 0 Å². The minimum absolute atomic E-state index is 0.162. The van der Waals surface area contributed by atoms with Crippen molar-refractivity contribution in [2.45, 2.75) is 13.2 Å². The molecular formula is C22H18FN3O2. The Morgan fingerprint density at radius 3 is 2.71 bits per heavy atom. The van der Waals surface area contributed by atoms with E-state index in [1.54, 1.807) is 54.9 Å². The third-order valence-corrected chi connectivity index (χ3v) is 4.39. The summed E-state index contributed by atoms with van der Waals surface area (Å²) in [7, 11) is 0. The molecule has 0 saturated carbocycles. The summed E-state index contributed by atoms with van der Waals surface area (Å²) in [6.07, 6.45) is 5.32. The number of amides is 1. The molecule has 0 aliphatic heterocycles. The molecule has 0 fully saturated rings. The van der Waals surface area contributed by atoms with Crippen LogP contribution in [0.5, 0.6) is 5.75 Å². The molecule has 0 unspecified atom stereocenters. The van der Waals surface area contributed by atoms with Crippen molar-refractivity contribution in [3.05, 3.63) is 102 Å². The highest BCUT2D eigenvalue weighted by atomic mass is 19.1. The van der Waals surface area contributed by atoms with Crippen LogP contribution in [0, 0.1) is 5.82 Å². The van der Waals surface area contributed by atoms with Crippen LogP contribution in [0.3, 0.4) is 0 Å². The molecule has 0 bridgehead atoms. The molecule has 0 spiro atoms. The summed E-state index contributed by atoms with van der Waals surface area (Å²) in [6, 6.07) is 17.4. The Morgan fingerprint density at radius 2 is 1.89 bits per heavy atom. The topological polar surface area (TPSA) is 55.6 Å². The molecular weight excluding hydrogens is 357 g/mol. The van der Waals surface area contributed by atoms with E-state index in [0.717, 1.165) is 11.2 Å². The summed E-state index contributed by atoms with van der Waals surface area (Å²) in [5.74, 6) is 0.198. The van der Waals surface area contributed by atoms with Crippen molar-refractivity contribution in [2.24, 2.45) is 0 Å². The lowest BCUT2D eigenvalue weighted by Gasteiger charge is -2.09. The number of hydrogen-bond donors (Lipinski definition) is 1. The van der Waals surface area contributed by atoms with Gasteiger partial charge in [-0.25, -0.2) is 9.37 Å². The molecule has 0 aliphatic carbocycles. The van der Waals surface area contributed by atoms with E-state index in [-0.39, 0.29) is 18.3 Å². The Labute approximate surface area is 161 Å². The van der Waals surface area contributed by atoms with Crippen LogP contribution in [-0.4, -0.2) is 15.3 Å². The Bertz CT molecular complexity index is 1110. The van der Waals surface area contributed by atoms with E-state index in [1.165, 1.54) is 6.07 Å². The second-order valence-electron chi connectivity index (χ2n) is 6.31. The molecule has 0 atom stereocenters. The van der Waals surface area contributed by atoms with Crippen LogP contribution < -0.4 is 10.1 Å². The molecule has 0 aliphatic rings. The van der Waals surface area contributed by atoms with Gasteiger partial charge in [0.25, 0.3) is 5.91 Å². The third kappa shape index (κ3) is 4.01.